The van der Waals surface area contributed by atoms with Crippen molar-refractivity contribution in [2.75, 3.05) is 0 Å². The van der Waals surface area contributed by atoms with Gasteiger partial charge < -0.3 is 5.11 Å². The molecular formula is C4H6F3NO4S. The first-order chi connectivity index (χ1) is 5.58. The molecule has 0 aliphatic heterocycles. The van der Waals surface area contributed by atoms with Gasteiger partial charge in [0.1, 0.15) is 6.04 Å². The molecule has 0 spiro atoms. The number of hydrogen-bond donors (Lipinski definition) is 2. The molecule has 9 heteroatoms. The number of halogens is 3. The number of rotatable bonds is 3. The van der Waals surface area contributed by atoms with Crippen LogP contribution in [0.5, 0.6) is 0 Å². The zero-order chi connectivity index (χ0) is 10.9. The van der Waals surface area contributed by atoms with Gasteiger partial charge in [-0.2, -0.15) is 17.9 Å². The normalized spacial score (nSPS) is 15.4. The van der Waals surface area contributed by atoms with Crippen molar-refractivity contribution in [2.24, 2.45) is 0 Å². The molecule has 0 amide bonds. The molecule has 0 aromatic rings. The van der Waals surface area contributed by atoms with Gasteiger partial charge in [0.2, 0.25) is 0 Å². The Kier molecular flexibility index (Phi) is 3.28. The smallest absolute Gasteiger partial charge is 0.480 e. The number of carbonyl (C=O) groups is 1. The predicted molar refractivity (Wildman–Crippen MR) is 35.2 cm³/mol. The Morgan fingerprint density at radius 2 is 1.85 bits per heavy atom. The molecule has 0 radical (unpaired) electrons. The molecule has 0 fully saturated rings. The van der Waals surface area contributed by atoms with Crippen LogP contribution in [0.2, 0.25) is 0 Å². The molecule has 0 heterocycles. The molecule has 0 aliphatic carbocycles. The number of carboxylic acid groups (broad SMARTS) is 1. The molecule has 13 heavy (non-hydrogen) atoms. The minimum Gasteiger partial charge on any atom is -0.480 e. The van der Waals surface area contributed by atoms with E-state index in [0.717, 1.165) is 11.6 Å². The van der Waals surface area contributed by atoms with Crippen LogP contribution in [0.25, 0.3) is 0 Å². The standard InChI is InChI=1S/C4H6F3NO4S/c1-2(3(9)10)8-13(11,12)4(5,6)7/h2,8H,1H3,(H,9,10)/t2-/m0/s1. The lowest BCUT2D eigenvalue weighted by Crippen LogP contribution is -2.44. The lowest BCUT2D eigenvalue weighted by atomic mass is 10.4. The second kappa shape index (κ2) is 3.50. The summed E-state index contributed by atoms with van der Waals surface area (Å²) in [7, 11) is -5.57. The molecule has 0 aromatic carbocycles. The highest BCUT2D eigenvalue weighted by atomic mass is 32.2. The van der Waals surface area contributed by atoms with Gasteiger partial charge >= 0.3 is 21.5 Å². The van der Waals surface area contributed by atoms with Crippen LogP contribution in [0.1, 0.15) is 6.92 Å². The van der Waals surface area contributed by atoms with Gasteiger partial charge in [-0.05, 0) is 6.92 Å². The van der Waals surface area contributed by atoms with Gasteiger partial charge in [-0.1, -0.05) is 0 Å². The fourth-order valence-corrected chi connectivity index (χ4v) is 1.05. The summed E-state index contributed by atoms with van der Waals surface area (Å²) >= 11 is 0. The summed E-state index contributed by atoms with van der Waals surface area (Å²) in [6.45, 7) is 0.783. The van der Waals surface area contributed by atoms with Crippen LogP contribution < -0.4 is 4.72 Å². The predicted octanol–water partition coefficient (Wildman–Crippen LogP) is -0.101. The Morgan fingerprint density at radius 1 is 1.46 bits per heavy atom. The van der Waals surface area contributed by atoms with Gasteiger partial charge in [-0.15, -0.1) is 0 Å². The number of carboxylic acids is 1. The summed E-state index contributed by atoms with van der Waals surface area (Å²) in [5, 5.41) is 8.12. The lowest BCUT2D eigenvalue weighted by molar-refractivity contribution is -0.138. The first-order valence-electron chi connectivity index (χ1n) is 2.89. The molecule has 0 aliphatic rings. The quantitative estimate of drug-likeness (QED) is 0.697. The highest BCUT2D eigenvalue weighted by Crippen LogP contribution is 2.21. The third-order valence-electron chi connectivity index (χ3n) is 1.01. The van der Waals surface area contributed by atoms with Gasteiger partial charge in [-0.25, -0.2) is 8.42 Å². The van der Waals surface area contributed by atoms with E-state index in [-0.39, 0.29) is 0 Å². The van der Waals surface area contributed by atoms with Crippen LogP contribution in [0.3, 0.4) is 0 Å². The molecule has 1 atom stereocenters. The third-order valence-corrected chi connectivity index (χ3v) is 2.28. The number of sulfonamides is 1. The van der Waals surface area contributed by atoms with Crippen molar-refractivity contribution in [2.45, 2.75) is 18.5 Å². The molecule has 0 unspecified atom stereocenters. The van der Waals surface area contributed by atoms with Crippen molar-refractivity contribution in [3.63, 3.8) is 0 Å². The summed E-state index contributed by atoms with van der Waals surface area (Å²) in [5.41, 5.74) is -5.49. The van der Waals surface area contributed by atoms with Gasteiger partial charge in [-0.3, -0.25) is 4.79 Å². The van der Waals surface area contributed by atoms with E-state index in [1.807, 2.05) is 0 Å². The Labute approximate surface area is 71.6 Å². The fourth-order valence-electron chi connectivity index (χ4n) is 0.350. The van der Waals surface area contributed by atoms with E-state index in [2.05, 4.69) is 0 Å². The SMILES string of the molecule is C[C@H](NS(=O)(=O)C(F)(F)F)C(=O)O. The first-order valence-corrected chi connectivity index (χ1v) is 4.37. The first kappa shape index (κ1) is 12.2. The zero-order valence-corrected chi connectivity index (χ0v) is 7.11. The molecule has 0 aromatic heterocycles. The Morgan fingerprint density at radius 3 is 2.08 bits per heavy atom. The summed E-state index contributed by atoms with van der Waals surface area (Å²) in [4.78, 5) is 10.0. The van der Waals surface area contributed by atoms with E-state index >= 15 is 0 Å². The summed E-state index contributed by atoms with van der Waals surface area (Å²) in [6, 6.07) is -1.81. The van der Waals surface area contributed by atoms with Crippen LogP contribution in [0, 0.1) is 0 Å². The maximum absolute atomic E-state index is 11.6. The van der Waals surface area contributed by atoms with Crippen LogP contribution in [0.4, 0.5) is 13.2 Å². The second-order valence-electron chi connectivity index (χ2n) is 2.13. The zero-order valence-electron chi connectivity index (χ0n) is 6.29. The number of nitrogens with one attached hydrogen (secondary N) is 1. The molecule has 78 valence electrons. The van der Waals surface area contributed by atoms with Crippen molar-refractivity contribution >= 4 is 16.0 Å². The van der Waals surface area contributed by atoms with Crippen molar-refractivity contribution in [1.82, 2.24) is 4.72 Å². The maximum Gasteiger partial charge on any atom is 0.511 e. The van der Waals surface area contributed by atoms with E-state index in [4.69, 9.17) is 5.11 Å². The molecule has 0 bridgehead atoms. The molecule has 0 rings (SSSR count). The Hall–Kier alpha value is -0.830. The second-order valence-corrected chi connectivity index (χ2v) is 3.83. The highest BCUT2D eigenvalue weighted by molar-refractivity contribution is 7.90. The van der Waals surface area contributed by atoms with Gasteiger partial charge in [0.25, 0.3) is 0 Å². The van der Waals surface area contributed by atoms with E-state index < -0.39 is 27.5 Å². The number of hydrogen-bond acceptors (Lipinski definition) is 3. The van der Waals surface area contributed by atoms with Crippen molar-refractivity contribution in [3.8, 4) is 0 Å². The molecule has 0 saturated carbocycles. The van der Waals surface area contributed by atoms with E-state index in [0.29, 0.717) is 0 Å². The summed E-state index contributed by atoms with van der Waals surface area (Å²) in [5.74, 6) is -1.69. The maximum atomic E-state index is 11.6. The third kappa shape index (κ3) is 3.19. The molecule has 2 N–H and O–H groups in total. The highest BCUT2D eigenvalue weighted by Gasteiger charge is 2.47. The van der Waals surface area contributed by atoms with Crippen LogP contribution in [0.15, 0.2) is 0 Å². The van der Waals surface area contributed by atoms with E-state index in [9.17, 15) is 26.4 Å². The molecular weight excluding hydrogens is 215 g/mol. The van der Waals surface area contributed by atoms with Crippen molar-refractivity contribution < 1.29 is 31.5 Å². The van der Waals surface area contributed by atoms with Crippen molar-refractivity contribution in [3.05, 3.63) is 0 Å². The minimum absolute atomic E-state index is 0.783. The topological polar surface area (TPSA) is 83.5 Å². The van der Waals surface area contributed by atoms with Crippen LogP contribution in [-0.2, 0) is 14.8 Å². The Bertz CT molecular complexity index is 295. The van der Waals surface area contributed by atoms with Gasteiger partial charge in [0.15, 0.2) is 0 Å². The Balaban J connectivity index is 4.64. The molecule has 0 saturated heterocycles. The average Bonchev–Trinajstić information content (AvgIpc) is 1.83. The average molecular weight is 221 g/mol. The van der Waals surface area contributed by atoms with E-state index in [1.54, 1.807) is 0 Å². The van der Waals surface area contributed by atoms with E-state index in [1.165, 1.54) is 0 Å². The summed E-state index contributed by atoms with van der Waals surface area (Å²) < 4.78 is 56.3. The van der Waals surface area contributed by atoms with Gasteiger partial charge in [0.05, 0.1) is 0 Å². The van der Waals surface area contributed by atoms with Gasteiger partial charge in [0, 0.05) is 0 Å². The fraction of sp³-hybridized carbons (Fsp3) is 0.750. The van der Waals surface area contributed by atoms with Crippen LogP contribution >= 0.6 is 0 Å². The minimum atomic E-state index is -5.57. The van der Waals surface area contributed by atoms with Crippen molar-refractivity contribution in [1.29, 1.82) is 0 Å². The molecule has 5 nitrogen and oxygen atoms in total. The number of alkyl halides is 3. The monoisotopic (exact) mass is 221 g/mol. The summed E-state index contributed by atoms with van der Waals surface area (Å²) in [6.07, 6.45) is 0. The number of aliphatic carboxylic acids is 1. The largest absolute Gasteiger partial charge is 0.511 e. The lowest BCUT2D eigenvalue weighted by Gasteiger charge is -2.11. The van der Waals surface area contributed by atoms with Crippen LogP contribution in [-0.4, -0.2) is 31.0 Å².